The third-order valence-electron chi connectivity index (χ3n) is 4.28. The summed E-state index contributed by atoms with van der Waals surface area (Å²) in [5.41, 5.74) is 8.40. The van der Waals surface area contributed by atoms with Gasteiger partial charge in [-0.15, -0.1) is 0 Å². The van der Waals surface area contributed by atoms with Crippen molar-refractivity contribution < 1.29 is 4.74 Å². The van der Waals surface area contributed by atoms with Gasteiger partial charge in [0, 0.05) is 38.1 Å². The Morgan fingerprint density at radius 1 is 1.04 bits per heavy atom. The largest absolute Gasteiger partial charge is 0.383 e. The summed E-state index contributed by atoms with van der Waals surface area (Å²) >= 11 is 0. The third-order valence-corrected chi connectivity index (χ3v) is 4.28. The molecule has 1 aliphatic rings. The molecule has 0 spiro atoms. The van der Waals surface area contributed by atoms with Crippen LogP contribution in [0, 0.1) is 0 Å². The molecule has 3 aromatic heterocycles. The van der Waals surface area contributed by atoms with Crippen LogP contribution in [0.5, 0.6) is 0 Å². The molecule has 1 fully saturated rings. The summed E-state index contributed by atoms with van der Waals surface area (Å²) in [6, 6.07) is 5.84. The highest BCUT2D eigenvalue weighted by Crippen LogP contribution is 2.23. The van der Waals surface area contributed by atoms with E-state index >= 15 is 0 Å². The average molecular weight is 364 g/mol. The molecule has 0 saturated carbocycles. The van der Waals surface area contributed by atoms with Gasteiger partial charge in [0.1, 0.15) is 30.1 Å². The van der Waals surface area contributed by atoms with Gasteiger partial charge in [0.05, 0.1) is 24.5 Å². The molecule has 9 nitrogen and oxygen atoms in total. The Kier molecular flexibility index (Phi) is 5.13. The van der Waals surface area contributed by atoms with Crippen LogP contribution < -0.4 is 11.1 Å². The van der Waals surface area contributed by atoms with E-state index in [9.17, 15) is 0 Å². The van der Waals surface area contributed by atoms with E-state index in [1.165, 1.54) is 18.2 Å². The molecule has 4 rings (SSSR count). The van der Waals surface area contributed by atoms with Crippen LogP contribution in [0.3, 0.4) is 0 Å². The number of nitrogens with zero attached hydrogens (tertiary/aromatic N) is 6. The summed E-state index contributed by atoms with van der Waals surface area (Å²) in [6.45, 7) is 4.33. The number of hydrogen-bond acceptors (Lipinski definition) is 9. The minimum atomic E-state index is 0.375. The standard InChI is InChI=1S/C18H20N8O/c19-18-14(9-20-11-24-18)15-8-17(23-12-22-15)25-16-7-13(1-2-21-16)10-26-3-5-27-6-4-26/h1-2,7-9,11-12H,3-6,10H2,(H2,19,20,24)(H,21,22,23,25). The van der Waals surface area contributed by atoms with Crippen molar-refractivity contribution in [3.63, 3.8) is 0 Å². The molecule has 4 heterocycles. The first-order valence-electron chi connectivity index (χ1n) is 8.68. The third kappa shape index (κ3) is 4.33. The number of anilines is 3. The molecular formula is C18H20N8O. The van der Waals surface area contributed by atoms with Crippen LogP contribution in [0.2, 0.25) is 0 Å². The first-order valence-corrected chi connectivity index (χ1v) is 8.68. The monoisotopic (exact) mass is 364 g/mol. The van der Waals surface area contributed by atoms with Gasteiger partial charge in [0.25, 0.3) is 0 Å². The van der Waals surface area contributed by atoms with Gasteiger partial charge in [0.15, 0.2) is 0 Å². The molecule has 0 radical (unpaired) electrons. The molecule has 3 N–H and O–H groups in total. The molecule has 9 heteroatoms. The predicted octanol–water partition coefficient (Wildman–Crippen LogP) is 1.49. The van der Waals surface area contributed by atoms with Gasteiger partial charge < -0.3 is 15.8 Å². The van der Waals surface area contributed by atoms with Gasteiger partial charge in [0.2, 0.25) is 0 Å². The van der Waals surface area contributed by atoms with Crippen molar-refractivity contribution in [1.29, 1.82) is 0 Å². The molecule has 1 aliphatic heterocycles. The van der Waals surface area contributed by atoms with E-state index in [1.54, 1.807) is 18.5 Å². The normalized spacial score (nSPS) is 14.8. The lowest BCUT2D eigenvalue weighted by Crippen LogP contribution is -2.35. The Morgan fingerprint density at radius 3 is 2.74 bits per heavy atom. The van der Waals surface area contributed by atoms with Crippen LogP contribution in [-0.4, -0.2) is 56.1 Å². The molecular weight excluding hydrogens is 344 g/mol. The number of nitrogens with one attached hydrogen (secondary N) is 1. The van der Waals surface area contributed by atoms with Crippen molar-refractivity contribution in [3.8, 4) is 11.3 Å². The minimum Gasteiger partial charge on any atom is -0.383 e. The molecule has 0 amide bonds. The number of nitrogens with two attached hydrogens (primary N) is 1. The summed E-state index contributed by atoms with van der Waals surface area (Å²) in [6.07, 6.45) is 6.31. The number of morpholine rings is 1. The molecule has 0 atom stereocenters. The van der Waals surface area contributed by atoms with Crippen LogP contribution in [0.15, 0.2) is 43.2 Å². The fraction of sp³-hybridized carbons (Fsp3) is 0.278. The minimum absolute atomic E-state index is 0.375. The number of aromatic nitrogens is 5. The quantitative estimate of drug-likeness (QED) is 0.694. The number of ether oxygens (including phenoxy) is 1. The summed E-state index contributed by atoms with van der Waals surface area (Å²) in [5.74, 6) is 1.72. The van der Waals surface area contributed by atoms with E-state index in [0.717, 1.165) is 38.7 Å². The summed E-state index contributed by atoms with van der Waals surface area (Å²) in [4.78, 5) is 23.3. The maximum absolute atomic E-state index is 5.91. The van der Waals surface area contributed by atoms with E-state index in [0.29, 0.717) is 22.9 Å². The number of nitrogen functional groups attached to an aromatic ring is 1. The fourth-order valence-electron chi connectivity index (χ4n) is 2.90. The Morgan fingerprint density at radius 2 is 1.89 bits per heavy atom. The number of hydrogen-bond donors (Lipinski definition) is 2. The molecule has 0 bridgehead atoms. The molecule has 0 aromatic carbocycles. The van der Waals surface area contributed by atoms with Gasteiger partial charge in [-0.3, -0.25) is 4.90 Å². The maximum Gasteiger partial charge on any atom is 0.136 e. The van der Waals surface area contributed by atoms with Gasteiger partial charge >= 0.3 is 0 Å². The molecule has 3 aromatic rings. The van der Waals surface area contributed by atoms with Crippen molar-refractivity contribution in [2.75, 3.05) is 37.4 Å². The highest BCUT2D eigenvalue weighted by Gasteiger charge is 2.11. The molecule has 1 saturated heterocycles. The molecule has 138 valence electrons. The first-order chi connectivity index (χ1) is 13.3. The van der Waals surface area contributed by atoms with Gasteiger partial charge in [-0.25, -0.2) is 24.9 Å². The van der Waals surface area contributed by atoms with Crippen molar-refractivity contribution in [3.05, 3.63) is 48.8 Å². The second-order valence-electron chi connectivity index (χ2n) is 6.17. The first kappa shape index (κ1) is 17.3. The lowest BCUT2D eigenvalue weighted by Gasteiger charge is -2.26. The second kappa shape index (κ2) is 8.02. The highest BCUT2D eigenvalue weighted by molar-refractivity contribution is 5.71. The SMILES string of the molecule is Nc1ncncc1-c1cc(Nc2cc(CN3CCOCC3)ccn2)ncn1. The van der Waals surface area contributed by atoms with Crippen molar-refractivity contribution >= 4 is 17.5 Å². The predicted molar refractivity (Wildman–Crippen MR) is 101 cm³/mol. The zero-order valence-electron chi connectivity index (χ0n) is 14.7. The fourth-order valence-corrected chi connectivity index (χ4v) is 2.90. The molecule has 0 unspecified atom stereocenters. The molecule has 27 heavy (non-hydrogen) atoms. The van der Waals surface area contributed by atoms with E-state index in [2.05, 4.69) is 35.1 Å². The second-order valence-corrected chi connectivity index (χ2v) is 6.17. The smallest absolute Gasteiger partial charge is 0.136 e. The lowest BCUT2D eigenvalue weighted by molar-refractivity contribution is 0.0342. The van der Waals surface area contributed by atoms with E-state index in [-0.39, 0.29) is 0 Å². The van der Waals surface area contributed by atoms with Crippen molar-refractivity contribution in [1.82, 2.24) is 29.8 Å². The topological polar surface area (TPSA) is 115 Å². The van der Waals surface area contributed by atoms with Gasteiger partial charge in [-0.2, -0.15) is 0 Å². The van der Waals surface area contributed by atoms with Gasteiger partial charge in [-0.05, 0) is 17.7 Å². The summed E-state index contributed by atoms with van der Waals surface area (Å²) < 4.78 is 5.40. The van der Waals surface area contributed by atoms with E-state index in [1.807, 2.05) is 12.1 Å². The van der Waals surface area contributed by atoms with Crippen LogP contribution in [0.4, 0.5) is 17.5 Å². The Labute approximate surface area is 156 Å². The Balaban J connectivity index is 1.50. The van der Waals surface area contributed by atoms with E-state index in [4.69, 9.17) is 10.5 Å². The van der Waals surface area contributed by atoms with Crippen molar-refractivity contribution in [2.45, 2.75) is 6.54 Å². The van der Waals surface area contributed by atoms with Crippen LogP contribution >= 0.6 is 0 Å². The zero-order chi connectivity index (χ0) is 18.5. The van der Waals surface area contributed by atoms with Gasteiger partial charge in [-0.1, -0.05) is 0 Å². The zero-order valence-corrected chi connectivity index (χ0v) is 14.7. The Bertz CT molecular complexity index is 913. The highest BCUT2D eigenvalue weighted by atomic mass is 16.5. The van der Waals surface area contributed by atoms with Crippen LogP contribution in [0.1, 0.15) is 5.56 Å². The van der Waals surface area contributed by atoms with Crippen LogP contribution in [-0.2, 0) is 11.3 Å². The van der Waals surface area contributed by atoms with E-state index < -0.39 is 0 Å². The molecule has 0 aliphatic carbocycles. The number of rotatable bonds is 5. The lowest BCUT2D eigenvalue weighted by atomic mass is 10.2. The average Bonchev–Trinajstić information content (AvgIpc) is 2.70. The van der Waals surface area contributed by atoms with Crippen molar-refractivity contribution in [2.24, 2.45) is 0 Å². The summed E-state index contributed by atoms with van der Waals surface area (Å²) in [7, 11) is 0. The Hall–Kier alpha value is -3.17. The summed E-state index contributed by atoms with van der Waals surface area (Å²) in [5, 5.41) is 3.22. The number of pyridine rings is 1. The van der Waals surface area contributed by atoms with Crippen LogP contribution in [0.25, 0.3) is 11.3 Å². The maximum atomic E-state index is 5.91.